The van der Waals surface area contributed by atoms with Crippen molar-refractivity contribution in [1.82, 2.24) is 5.32 Å². The van der Waals surface area contributed by atoms with Crippen LogP contribution in [0.2, 0.25) is 0 Å². The summed E-state index contributed by atoms with van der Waals surface area (Å²) in [5.74, 6) is -5.17. The second-order valence-electron chi connectivity index (χ2n) is 4.91. The first-order chi connectivity index (χ1) is 9.62. The Kier molecular flexibility index (Phi) is 5.61. The molecule has 1 heterocycles. The third kappa shape index (κ3) is 3.87. The highest BCUT2D eigenvalue weighted by Crippen LogP contribution is 2.30. The van der Waals surface area contributed by atoms with Crippen LogP contribution in [0.4, 0.5) is 0 Å². The molecule has 1 rings (SSSR count). The molecule has 2 unspecified atom stereocenters. The summed E-state index contributed by atoms with van der Waals surface area (Å²) >= 11 is 0. The molecule has 0 radical (unpaired) electrons. The van der Waals surface area contributed by atoms with E-state index < -0.39 is 61.1 Å². The largest absolute Gasteiger partial charge is 0.477 e. The Morgan fingerprint density at radius 1 is 1.43 bits per heavy atom. The van der Waals surface area contributed by atoms with Gasteiger partial charge in [-0.15, -0.1) is 0 Å². The summed E-state index contributed by atoms with van der Waals surface area (Å²) < 4.78 is 4.86. The first-order valence-electron chi connectivity index (χ1n) is 6.18. The Labute approximate surface area is 119 Å². The number of carbonyl (C=O) groups is 2. The molecule has 1 aliphatic heterocycles. The van der Waals surface area contributed by atoms with Gasteiger partial charge in [0.05, 0.1) is 18.8 Å². The van der Waals surface area contributed by atoms with Crippen LogP contribution in [-0.4, -0.2) is 85.4 Å². The minimum atomic E-state index is -2.78. The maximum Gasteiger partial charge on any atom is 0.364 e. The van der Waals surface area contributed by atoms with Gasteiger partial charge in [0.15, 0.2) is 0 Å². The van der Waals surface area contributed by atoms with Crippen LogP contribution >= 0.6 is 0 Å². The van der Waals surface area contributed by atoms with Gasteiger partial charge >= 0.3 is 5.97 Å². The second kappa shape index (κ2) is 6.64. The van der Waals surface area contributed by atoms with E-state index in [0.717, 1.165) is 6.92 Å². The van der Waals surface area contributed by atoms with Crippen LogP contribution < -0.4 is 5.32 Å². The summed E-state index contributed by atoms with van der Waals surface area (Å²) in [4.78, 5) is 22.1. The molecule has 10 nitrogen and oxygen atoms in total. The van der Waals surface area contributed by atoms with Crippen molar-refractivity contribution in [2.24, 2.45) is 0 Å². The maximum atomic E-state index is 11.1. The fourth-order valence-corrected chi connectivity index (χ4v) is 2.14. The van der Waals surface area contributed by atoms with Gasteiger partial charge in [0.1, 0.15) is 18.3 Å². The molecule has 0 aromatic heterocycles. The molecule has 7 N–H and O–H groups in total. The van der Waals surface area contributed by atoms with Gasteiger partial charge in [-0.1, -0.05) is 0 Å². The topological polar surface area (TPSA) is 177 Å². The van der Waals surface area contributed by atoms with Crippen LogP contribution in [0.5, 0.6) is 0 Å². The van der Waals surface area contributed by atoms with Crippen molar-refractivity contribution < 1.29 is 45.0 Å². The number of aliphatic carboxylic acids is 1. The molecule has 0 bridgehead atoms. The predicted molar refractivity (Wildman–Crippen MR) is 64.8 cm³/mol. The van der Waals surface area contributed by atoms with Gasteiger partial charge in [0.2, 0.25) is 5.91 Å². The van der Waals surface area contributed by atoms with Crippen molar-refractivity contribution in [3.8, 4) is 0 Å². The number of aliphatic hydroxyl groups excluding tert-OH is 4. The molecule has 122 valence electrons. The average Bonchev–Trinajstić information content (AvgIpc) is 2.39. The average molecular weight is 309 g/mol. The van der Waals surface area contributed by atoms with Crippen LogP contribution in [0.3, 0.4) is 0 Å². The Morgan fingerprint density at radius 3 is 2.43 bits per heavy atom. The monoisotopic (exact) mass is 309 g/mol. The van der Waals surface area contributed by atoms with Crippen molar-refractivity contribution in [3.05, 3.63) is 0 Å². The molecule has 0 aromatic carbocycles. The molecule has 6 atom stereocenters. The Morgan fingerprint density at radius 2 is 2.00 bits per heavy atom. The predicted octanol–water partition coefficient (Wildman–Crippen LogP) is -3.87. The Hall–Kier alpha value is -1.30. The molecule has 0 spiro atoms. The zero-order valence-corrected chi connectivity index (χ0v) is 11.2. The van der Waals surface area contributed by atoms with Crippen molar-refractivity contribution in [2.75, 3.05) is 6.61 Å². The van der Waals surface area contributed by atoms with Gasteiger partial charge in [0.25, 0.3) is 5.79 Å². The van der Waals surface area contributed by atoms with E-state index in [4.69, 9.17) is 14.9 Å². The lowest BCUT2D eigenvalue weighted by Crippen LogP contribution is -2.67. The highest BCUT2D eigenvalue weighted by molar-refractivity contribution is 5.76. The molecular weight excluding hydrogens is 290 g/mol. The van der Waals surface area contributed by atoms with E-state index in [9.17, 15) is 30.0 Å². The van der Waals surface area contributed by atoms with Crippen LogP contribution in [0.25, 0.3) is 0 Å². The summed E-state index contributed by atoms with van der Waals surface area (Å²) in [7, 11) is 0. The van der Waals surface area contributed by atoms with Gasteiger partial charge in [0, 0.05) is 13.3 Å². The van der Waals surface area contributed by atoms with Crippen molar-refractivity contribution in [3.63, 3.8) is 0 Å². The second-order valence-corrected chi connectivity index (χ2v) is 4.91. The standard InChI is InChI=1S/C11H19NO9/c1-4(14)12-7-5(15)2-11(20,10(18)19)21-9(7)8(17)6(16)3-13/h5-9,13,15-17,20H,2-3H2,1H3,(H,12,14)(H,18,19)/t5-,6+,7+,8?,9?,11-/m0/s1. The molecule has 1 amide bonds. The number of hydrogen-bond acceptors (Lipinski definition) is 8. The Bertz CT molecular complexity index is 403. The number of nitrogens with one attached hydrogen (secondary N) is 1. The number of hydrogen-bond donors (Lipinski definition) is 7. The van der Waals surface area contributed by atoms with Crippen molar-refractivity contribution in [2.45, 2.75) is 49.6 Å². The number of aliphatic hydroxyl groups is 5. The minimum Gasteiger partial charge on any atom is -0.477 e. The van der Waals surface area contributed by atoms with E-state index in [2.05, 4.69) is 5.32 Å². The lowest BCUT2D eigenvalue weighted by atomic mass is 9.88. The zero-order chi connectivity index (χ0) is 16.4. The number of carboxylic acid groups (broad SMARTS) is 1. The third-order valence-electron chi connectivity index (χ3n) is 3.21. The van der Waals surface area contributed by atoms with Gasteiger partial charge in [-0.05, 0) is 0 Å². The lowest BCUT2D eigenvalue weighted by Gasteiger charge is -2.44. The van der Waals surface area contributed by atoms with Gasteiger partial charge in [-0.3, -0.25) is 4.79 Å². The van der Waals surface area contributed by atoms with Gasteiger partial charge in [-0.25, -0.2) is 4.79 Å². The minimum absolute atomic E-state index is 0.598. The van der Waals surface area contributed by atoms with E-state index in [-0.39, 0.29) is 0 Å². The number of amides is 1. The van der Waals surface area contributed by atoms with E-state index in [0.29, 0.717) is 0 Å². The van der Waals surface area contributed by atoms with Gasteiger partial charge in [-0.2, -0.15) is 0 Å². The molecule has 1 aliphatic rings. The van der Waals surface area contributed by atoms with E-state index >= 15 is 0 Å². The van der Waals surface area contributed by atoms with Gasteiger partial charge < -0.3 is 40.7 Å². The Balaban J connectivity index is 3.07. The summed E-state index contributed by atoms with van der Waals surface area (Å²) in [6, 6.07) is -1.27. The lowest BCUT2D eigenvalue weighted by molar-refractivity contribution is -0.295. The van der Waals surface area contributed by atoms with Crippen molar-refractivity contribution in [1.29, 1.82) is 0 Å². The summed E-state index contributed by atoms with van der Waals surface area (Å²) in [6.45, 7) is 0.256. The highest BCUT2D eigenvalue weighted by atomic mass is 16.7. The number of ether oxygens (including phenoxy) is 1. The van der Waals surface area contributed by atoms with Crippen LogP contribution in [0.15, 0.2) is 0 Å². The summed E-state index contributed by atoms with van der Waals surface area (Å²) in [6.07, 6.45) is -7.48. The molecule has 0 saturated carbocycles. The molecule has 21 heavy (non-hydrogen) atoms. The first-order valence-corrected chi connectivity index (χ1v) is 6.18. The number of rotatable bonds is 5. The summed E-state index contributed by atoms with van der Waals surface area (Å²) in [5, 5.41) is 59.0. The van der Waals surface area contributed by atoms with E-state index in [1.807, 2.05) is 0 Å². The molecule has 1 saturated heterocycles. The highest BCUT2D eigenvalue weighted by Gasteiger charge is 2.53. The van der Waals surface area contributed by atoms with Crippen LogP contribution in [0.1, 0.15) is 13.3 Å². The maximum absolute atomic E-state index is 11.1. The summed E-state index contributed by atoms with van der Waals surface area (Å²) in [5.41, 5.74) is 0. The van der Waals surface area contributed by atoms with Crippen LogP contribution in [-0.2, 0) is 14.3 Å². The number of carboxylic acids is 1. The van der Waals surface area contributed by atoms with Crippen molar-refractivity contribution >= 4 is 11.9 Å². The zero-order valence-electron chi connectivity index (χ0n) is 11.2. The molecule has 0 aliphatic carbocycles. The fourth-order valence-electron chi connectivity index (χ4n) is 2.14. The van der Waals surface area contributed by atoms with Crippen LogP contribution in [0, 0.1) is 0 Å². The third-order valence-corrected chi connectivity index (χ3v) is 3.21. The smallest absolute Gasteiger partial charge is 0.364 e. The molecular formula is C11H19NO9. The SMILES string of the molecule is CC(=O)N[C@H]1C(C(O)[C@H](O)CO)O[C@](O)(C(=O)O)C[C@@H]1O. The first kappa shape index (κ1) is 17.8. The molecule has 0 aromatic rings. The fraction of sp³-hybridized carbons (Fsp3) is 0.818. The van der Waals surface area contributed by atoms with E-state index in [1.54, 1.807) is 0 Å². The quantitative estimate of drug-likeness (QED) is 0.268. The molecule has 10 heteroatoms. The van der Waals surface area contributed by atoms with E-state index in [1.165, 1.54) is 0 Å². The molecule has 1 fully saturated rings. The number of carbonyl (C=O) groups excluding carboxylic acids is 1. The normalized spacial score (nSPS) is 35.8.